The molecule has 0 fully saturated rings. The zero-order valence-electron chi connectivity index (χ0n) is 11.5. The summed E-state index contributed by atoms with van der Waals surface area (Å²) in [6.07, 6.45) is 0. The Hall–Kier alpha value is -2.08. The van der Waals surface area contributed by atoms with Crippen LogP contribution >= 0.6 is 34.5 Å². The van der Waals surface area contributed by atoms with Gasteiger partial charge in [-0.1, -0.05) is 41.4 Å². The first-order chi connectivity index (χ1) is 11.0. The summed E-state index contributed by atoms with van der Waals surface area (Å²) in [5, 5.41) is 13.1. The molecule has 1 heterocycles. The molecule has 2 N–H and O–H groups in total. The lowest BCUT2D eigenvalue weighted by atomic mass is 10.2. The van der Waals surface area contributed by atoms with Crippen LogP contribution in [0.25, 0.3) is 10.1 Å². The second-order valence-corrected chi connectivity index (χ2v) is 6.50. The lowest BCUT2D eigenvalue weighted by Crippen LogP contribution is -2.13. The van der Waals surface area contributed by atoms with Crippen molar-refractivity contribution in [3.05, 3.63) is 63.0 Å². The van der Waals surface area contributed by atoms with Crippen molar-refractivity contribution in [3.63, 3.8) is 0 Å². The van der Waals surface area contributed by atoms with Crippen LogP contribution in [0.2, 0.25) is 10.0 Å². The van der Waals surface area contributed by atoms with E-state index in [0.29, 0.717) is 10.4 Å². The average Bonchev–Trinajstić information content (AvgIpc) is 2.86. The van der Waals surface area contributed by atoms with E-state index in [1.54, 1.807) is 24.3 Å². The first kappa shape index (κ1) is 15.8. The van der Waals surface area contributed by atoms with Gasteiger partial charge in [0, 0.05) is 10.1 Å². The van der Waals surface area contributed by atoms with Gasteiger partial charge in [-0.25, -0.2) is 4.79 Å². The number of rotatable bonds is 3. The molecule has 3 rings (SSSR count). The molecule has 4 nitrogen and oxygen atoms in total. The number of aromatic carboxylic acids is 1. The number of carbonyl (C=O) groups excluding carboxylic acids is 1. The van der Waals surface area contributed by atoms with E-state index in [9.17, 15) is 9.59 Å². The van der Waals surface area contributed by atoms with Crippen LogP contribution in [-0.2, 0) is 0 Å². The fourth-order valence-corrected chi connectivity index (χ4v) is 4.03. The number of nitrogens with one attached hydrogen (secondary N) is 1. The number of hydrogen-bond acceptors (Lipinski definition) is 3. The fourth-order valence-electron chi connectivity index (χ4n) is 2.17. The van der Waals surface area contributed by atoms with Crippen LogP contribution in [0.5, 0.6) is 0 Å². The molecule has 3 aromatic rings. The molecule has 1 aromatic heterocycles. The Morgan fingerprint density at radius 3 is 2.48 bits per heavy atom. The summed E-state index contributed by atoms with van der Waals surface area (Å²) < 4.78 is 0.791. The molecule has 0 aliphatic carbocycles. The van der Waals surface area contributed by atoms with Crippen LogP contribution in [0.1, 0.15) is 20.0 Å². The largest absolute Gasteiger partial charge is 0.478 e. The summed E-state index contributed by atoms with van der Waals surface area (Å²) in [6, 6.07) is 11.5. The van der Waals surface area contributed by atoms with Gasteiger partial charge in [-0.3, -0.25) is 4.79 Å². The second kappa shape index (κ2) is 6.20. The quantitative estimate of drug-likeness (QED) is 0.673. The molecule has 0 spiro atoms. The van der Waals surface area contributed by atoms with E-state index >= 15 is 0 Å². The van der Waals surface area contributed by atoms with Crippen molar-refractivity contribution >= 4 is 62.2 Å². The van der Waals surface area contributed by atoms with E-state index in [-0.39, 0.29) is 21.2 Å². The molecule has 0 aliphatic rings. The van der Waals surface area contributed by atoms with Crippen LogP contribution in [0.15, 0.2) is 42.5 Å². The number of halogens is 2. The summed E-state index contributed by atoms with van der Waals surface area (Å²) in [5.41, 5.74) is 0.223. The van der Waals surface area contributed by atoms with Gasteiger partial charge in [-0.05, 0) is 24.3 Å². The standard InChI is InChI=1S/C16H9Cl2NO3S/c17-9-5-3-7-11-12(9)13(18)14(23-11)15(20)19-10-6-2-1-4-8(10)16(21)22/h1-7H,(H,19,20)(H,21,22). The molecule has 0 unspecified atom stereocenters. The lowest BCUT2D eigenvalue weighted by Gasteiger charge is -2.07. The molecule has 0 atom stereocenters. The minimum Gasteiger partial charge on any atom is -0.478 e. The van der Waals surface area contributed by atoms with E-state index in [1.165, 1.54) is 23.5 Å². The average molecular weight is 366 g/mol. The molecule has 2 aromatic carbocycles. The highest BCUT2D eigenvalue weighted by Gasteiger charge is 2.20. The fraction of sp³-hybridized carbons (Fsp3) is 0. The zero-order chi connectivity index (χ0) is 16.6. The number of carbonyl (C=O) groups is 2. The molecule has 0 bridgehead atoms. The normalized spacial score (nSPS) is 10.7. The van der Waals surface area contributed by atoms with Crippen LogP contribution in [0.4, 0.5) is 5.69 Å². The third kappa shape index (κ3) is 2.91. The number of anilines is 1. The van der Waals surface area contributed by atoms with Gasteiger partial charge in [0.1, 0.15) is 4.88 Å². The SMILES string of the molecule is O=C(O)c1ccccc1NC(=O)c1sc2cccc(Cl)c2c1Cl. The molecular formula is C16H9Cl2NO3S. The number of thiophene rings is 1. The van der Waals surface area contributed by atoms with Crippen molar-refractivity contribution < 1.29 is 14.7 Å². The molecule has 0 aliphatic heterocycles. The van der Waals surface area contributed by atoms with E-state index in [0.717, 1.165) is 4.70 Å². The van der Waals surface area contributed by atoms with Gasteiger partial charge in [0.15, 0.2) is 0 Å². The maximum atomic E-state index is 12.5. The first-order valence-electron chi connectivity index (χ1n) is 6.49. The lowest BCUT2D eigenvalue weighted by molar-refractivity contribution is 0.0698. The van der Waals surface area contributed by atoms with Gasteiger partial charge in [-0.2, -0.15) is 0 Å². The van der Waals surface area contributed by atoms with Crippen LogP contribution < -0.4 is 5.32 Å². The predicted molar refractivity (Wildman–Crippen MR) is 93.2 cm³/mol. The summed E-state index contributed by atoms with van der Waals surface area (Å²) in [6.45, 7) is 0. The van der Waals surface area contributed by atoms with Gasteiger partial charge in [0.05, 0.1) is 21.3 Å². The number of carboxylic acid groups (broad SMARTS) is 1. The Bertz CT molecular complexity index is 936. The maximum Gasteiger partial charge on any atom is 0.337 e. The Labute approximate surface area is 145 Å². The van der Waals surface area contributed by atoms with E-state index in [1.807, 2.05) is 6.07 Å². The summed E-state index contributed by atoms with van der Waals surface area (Å²) in [7, 11) is 0. The van der Waals surface area contributed by atoms with E-state index in [2.05, 4.69) is 5.32 Å². The Balaban J connectivity index is 2.01. The highest BCUT2D eigenvalue weighted by molar-refractivity contribution is 7.21. The topological polar surface area (TPSA) is 66.4 Å². The molecular weight excluding hydrogens is 357 g/mol. The highest BCUT2D eigenvalue weighted by atomic mass is 35.5. The van der Waals surface area contributed by atoms with Gasteiger partial charge in [-0.15, -0.1) is 11.3 Å². The van der Waals surface area contributed by atoms with Crippen molar-refractivity contribution in [1.82, 2.24) is 0 Å². The predicted octanol–water partition coefficient (Wildman–Crippen LogP) is 5.16. The molecule has 0 saturated heterocycles. The number of para-hydroxylation sites is 1. The number of amides is 1. The number of fused-ring (bicyclic) bond motifs is 1. The third-order valence-corrected chi connectivity index (χ3v) is 5.18. The van der Waals surface area contributed by atoms with E-state index < -0.39 is 11.9 Å². The monoisotopic (exact) mass is 365 g/mol. The summed E-state index contributed by atoms with van der Waals surface area (Å²) >= 11 is 13.6. The van der Waals surface area contributed by atoms with E-state index in [4.69, 9.17) is 28.3 Å². The van der Waals surface area contributed by atoms with Crippen molar-refractivity contribution in [2.24, 2.45) is 0 Å². The number of carboxylic acids is 1. The third-order valence-electron chi connectivity index (χ3n) is 3.22. The second-order valence-electron chi connectivity index (χ2n) is 4.66. The Morgan fingerprint density at radius 2 is 1.78 bits per heavy atom. The van der Waals surface area contributed by atoms with Crippen LogP contribution in [0, 0.1) is 0 Å². The first-order valence-corrected chi connectivity index (χ1v) is 8.06. The molecule has 7 heteroatoms. The summed E-state index contributed by atoms with van der Waals surface area (Å²) in [5.74, 6) is -1.59. The smallest absolute Gasteiger partial charge is 0.337 e. The highest BCUT2D eigenvalue weighted by Crippen LogP contribution is 2.39. The molecule has 23 heavy (non-hydrogen) atoms. The Kier molecular flexibility index (Phi) is 4.26. The van der Waals surface area contributed by atoms with Crippen molar-refractivity contribution in [3.8, 4) is 0 Å². The molecule has 116 valence electrons. The number of hydrogen-bond donors (Lipinski definition) is 2. The minimum atomic E-state index is -1.12. The summed E-state index contributed by atoms with van der Waals surface area (Å²) in [4.78, 5) is 24.0. The van der Waals surface area contributed by atoms with Gasteiger partial charge >= 0.3 is 5.97 Å². The van der Waals surface area contributed by atoms with Crippen molar-refractivity contribution in [2.45, 2.75) is 0 Å². The van der Waals surface area contributed by atoms with Crippen molar-refractivity contribution in [1.29, 1.82) is 0 Å². The Morgan fingerprint density at radius 1 is 1.04 bits per heavy atom. The van der Waals surface area contributed by atoms with Crippen molar-refractivity contribution in [2.75, 3.05) is 5.32 Å². The van der Waals surface area contributed by atoms with Crippen LogP contribution in [-0.4, -0.2) is 17.0 Å². The molecule has 0 saturated carbocycles. The van der Waals surface area contributed by atoms with Crippen LogP contribution in [0.3, 0.4) is 0 Å². The van der Waals surface area contributed by atoms with Gasteiger partial charge in [0.25, 0.3) is 5.91 Å². The van der Waals surface area contributed by atoms with Gasteiger partial charge < -0.3 is 10.4 Å². The zero-order valence-corrected chi connectivity index (χ0v) is 13.8. The number of benzene rings is 2. The maximum absolute atomic E-state index is 12.5. The molecule has 1 amide bonds. The van der Waals surface area contributed by atoms with Gasteiger partial charge in [0.2, 0.25) is 0 Å². The minimum absolute atomic E-state index is 0.0103. The molecule has 0 radical (unpaired) electrons.